The van der Waals surface area contributed by atoms with Gasteiger partial charge >= 0.3 is 6.03 Å². The lowest BCUT2D eigenvalue weighted by Crippen LogP contribution is -2.40. The van der Waals surface area contributed by atoms with E-state index in [1.165, 1.54) is 0 Å². The third-order valence-corrected chi connectivity index (χ3v) is 4.55. The van der Waals surface area contributed by atoms with Crippen LogP contribution in [-0.2, 0) is 16.0 Å². The first-order valence-electron chi connectivity index (χ1n) is 8.05. The van der Waals surface area contributed by atoms with Gasteiger partial charge in [0.2, 0.25) is 5.91 Å². The van der Waals surface area contributed by atoms with E-state index in [9.17, 15) is 14.4 Å². The van der Waals surface area contributed by atoms with Gasteiger partial charge in [0, 0.05) is 29.6 Å². The summed E-state index contributed by atoms with van der Waals surface area (Å²) in [6, 6.07) is 4.84. The third kappa shape index (κ3) is 5.09. The lowest BCUT2D eigenvalue weighted by molar-refractivity contribution is -0.130. The van der Waals surface area contributed by atoms with Crippen molar-refractivity contribution in [2.75, 3.05) is 13.1 Å². The second-order valence-corrected chi connectivity index (χ2v) is 7.29. The molecule has 0 saturated carbocycles. The van der Waals surface area contributed by atoms with Crippen molar-refractivity contribution in [3.63, 3.8) is 0 Å². The molecule has 2 N–H and O–H groups in total. The minimum absolute atomic E-state index is 0.128. The van der Waals surface area contributed by atoms with Gasteiger partial charge in [-0.05, 0) is 44.4 Å². The number of carbonyl (C=O) groups excluding carboxylic acids is 3. The smallest absolute Gasteiger partial charge is 0.325 e. The highest BCUT2D eigenvalue weighted by molar-refractivity contribution is 6.35. The Morgan fingerprint density at radius 2 is 2.00 bits per heavy atom. The van der Waals surface area contributed by atoms with E-state index in [1.807, 2.05) is 6.07 Å². The van der Waals surface area contributed by atoms with Crippen molar-refractivity contribution in [3.8, 4) is 0 Å². The fourth-order valence-electron chi connectivity index (χ4n) is 2.57. The normalized spacial score (nSPS) is 16.1. The summed E-state index contributed by atoms with van der Waals surface area (Å²) < 4.78 is 0. The molecule has 136 valence electrons. The molecule has 1 aromatic carbocycles. The van der Waals surface area contributed by atoms with Crippen LogP contribution in [0, 0.1) is 0 Å². The van der Waals surface area contributed by atoms with Crippen molar-refractivity contribution in [1.82, 2.24) is 15.5 Å². The Morgan fingerprint density at radius 1 is 1.28 bits per heavy atom. The van der Waals surface area contributed by atoms with Crippen LogP contribution in [-0.4, -0.2) is 41.4 Å². The van der Waals surface area contributed by atoms with Crippen molar-refractivity contribution in [2.45, 2.75) is 38.6 Å². The van der Waals surface area contributed by atoms with Crippen LogP contribution in [0.3, 0.4) is 0 Å². The van der Waals surface area contributed by atoms with Crippen molar-refractivity contribution in [2.24, 2.45) is 0 Å². The summed E-state index contributed by atoms with van der Waals surface area (Å²) in [6.07, 6.45) is 1.26. The summed E-state index contributed by atoms with van der Waals surface area (Å²) in [7, 11) is 0. The van der Waals surface area contributed by atoms with Gasteiger partial charge in [-0.25, -0.2) is 4.79 Å². The van der Waals surface area contributed by atoms with E-state index in [0.717, 1.165) is 10.5 Å². The Balaban J connectivity index is 1.69. The Bertz CT molecular complexity index is 692. The molecular weight excluding hydrogens is 365 g/mol. The fourth-order valence-corrected chi connectivity index (χ4v) is 3.07. The number of urea groups is 1. The predicted molar refractivity (Wildman–Crippen MR) is 96.7 cm³/mol. The molecule has 0 aliphatic carbocycles. The Kier molecular flexibility index (Phi) is 6.30. The number of benzene rings is 1. The summed E-state index contributed by atoms with van der Waals surface area (Å²) in [6.45, 7) is 3.99. The molecule has 1 aromatic rings. The molecule has 1 heterocycles. The van der Waals surface area contributed by atoms with Gasteiger partial charge in [-0.15, -0.1) is 0 Å². The van der Waals surface area contributed by atoms with Gasteiger partial charge in [0.25, 0.3) is 5.91 Å². The summed E-state index contributed by atoms with van der Waals surface area (Å²) in [5.41, 5.74) is 0.0323. The second-order valence-electron chi connectivity index (χ2n) is 6.45. The molecule has 8 heteroatoms. The van der Waals surface area contributed by atoms with Crippen molar-refractivity contribution < 1.29 is 14.4 Å². The number of halogens is 2. The number of carbonyl (C=O) groups is 3. The molecule has 1 fully saturated rings. The molecule has 0 atom stereocenters. The zero-order chi connectivity index (χ0) is 18.6. The standard InChI is InChI=1S/C17H21Cl2N3O3/c1-17(2)15(24)22(16(25)21-17)9-3-4-14(23)20-8-7-11-5-6-12(18)10-13(11)19/h5-6,10H,3-4,7-9H2,1-2H3,(H,20,23)(H,21,25). The van der Waals surface area contributed by atoms with Gasteiger partial charge in [-0.1, -0.05) is 29.3 Å². The molecule has 0 spiro atoms. The summed E-state index contributed by atoms with van der Waals surface area (Å²) >= 11 is 11.9. The van der Waals surface area contributed by atoms with Crippen LogP contribution in [0.25, 0.3) is 0 Å². The topological polar surface area (TPSA) is 78.5 Å². The first-order chi connectivity index (χ1) is 11.7. The van der Waals surface area contributed by atoms with Crippen LogP contribution >= 0.6 is 23.2 Å². The minimum atomic E-state index is -0.878. The van der Waals surface area contributed by atoms with Gasteiger partial charge < -0.3 is 10.6 Å². The van der Waals surface area contributed by atoms with E-state index >= 15 is 0 Å². The van der Waals surface area contributed by atoms with Crippen molar-refractivity contribution in [3.05, 3.63) is 33.8 Å². The highest BCUT2D eigenvalue weighted by Gasteiger charge is 2.43. The van der Waals surface area contributed by atoms with Gasteiger partial charge in [-0.2, -0.15) is 0 Å². The molecular formula is C17H21Cl2N3O3. The highest BCUT2D eigenvalue weighted by atomic mass is 35.5. The van der Waals surface area contributed by atoms with Crippen LogP contribution in [0.2, 0.25) is 10.0 Å². The van der Waals surface area contributed by atoms with E-state index < -0.39 is 11.6 Å². The summed E-state index contributed by atoms with van der Waals surface area (Å²) in [4.78, 5) is 36.8. The van der Waals surface area contributed by atoms with Gasteiger partial charge in [0.15, 0.2) is 0 Å². The van der Waals surface area contributed by atoms with Crippen LogP contribution in [0.5, 0.6) is 0 Å². The minimum Gasteiger partial charge on any atom is -0.356 e. The van der Waals surface area contributed by atoms with Crippen molar-refractivity contribution >= 4 is 41.0 Å². The largest absolute Gasteiger partial charge is 0.356 e. The molecule has 6 nitrogen and oxygen atoms in total. The first-order valence-corrected chi connectivity index (χ1v) is 8.81. The average molecular weight is 386 g/mol. The molecule has 1 saturated heterocycles. The number of nitrogens with zero attached hydrogens (tertiary/aromatic N) is 1. The maximum absolute atomic E-state index is 12.0. The summed E-state index contributed by atoms with van der Waals surface area (Å²) in [5.74, 6) is -0.397. The molecule has 1 aliphatic heterocycles. The third-order valence-electron chi connectivity index (χ3n) is 3.96. The monoisotopic (exact) mass is 385 g/mol. The van der Waals surface area contributed by atoms with Crippen LogP contribution < -0.4 is 10.6 Å². The molecule has 4 amide bonds. The average Bonchev–Trinajstić information content (AvgIpc) is 2.71. The lowest BCUT2D eigenvalue weighted by Gasteiger charge is -2.15. The van der Waals surface area contributed by atoms with Gasteiger partial charge in [0.05, 0.1) is 0 Å². The van der Waals surface area contributed by atoms with E-state index in [0.29, 0.717) is 29.4 Å². The quantitative estimate of drug-likeness (QED) is 0.708. The first kappa shape index (κ1) is 19.5. The maximum atomic E-state index is 12.0. The maximum Gasteiger partial charge on any atom is 0.325 e. The molecule has 25 heavy (non-hydrogen) atoms. The van der Waals surface area contributed by atoms with Crippen LogP contribution in [0.4, 0.5) is 4.79 Å². The number of amides is 4. The molecule has 0 bridgehead atoms. The molecule has 0 radical (unpaired) electrons. The van der Waals surface area contributed by atoms with Gasteiger partial charge in [-0.3, -0.25) is 14.5 Å². The Labute approximate surface area is 156 Å². The molecule has 1 aliphatic rings. The Morgan fingerprint density at radius 3 is 2.60 bits per heavy atom. The zero-order valence-electron chi connectivity index (χ0n) is 14.2. The van der Waals surface area contributed by atoms with E-state index in [4.69, 9.17) is 23.2 Å². The molecule has 0 aromatic heterocycles. The number of nitrogens with one attached hydrogen (secondary N) is 2. The van der Waals surface area contributed by atoms with E-state index in [-0.39, 0.29) is 24.8 Å². The second kappa shape index (κ2) is 8.06. The predicted octanol–water partition coefficient (Wildman–Crippen LogP) is 2.76. The van der Waals surface area contributed by atoms with E-state index in [1.54, 1.807) is 26.0 Å². The number of hydrogen-bond acceptors (Lipinski definition) is 3. The number of imide groups is 1. The number of rotatable bonds is 7. The highest BCUT2D eigenvalue weighted by Crippen LogP contribution is 2.21. The molecule has 2 rings (SSSR count). The molecule has 0 unspecified atom stereocenters. The fraction of sp³-hybridized carbons (Fsp3) is 0.471. The number of hydrogen-bond donors (Lipinski definition) is 2. The van der Waals surface area contributed by atoms with E-state index in [2.05, 4.69) is 10.6 Å². The SMILES string of the molecule is CC1(C)NC(=O)N(CCCC(=O)NCCc2ccc(Cl)cc2Cl)C1=O. The lowest BCUT2D eigenvalue weighted by atomic mass is 10.1. The van der Waals surface area contributed by atoms with Crippen molar-refractivity contribution in [1.29, 1.82) is 0 Å². The van der Waals surface area contributed by atoms with Gasteiger partial charge in [0.1, 0.15) is 5.54 Å². The summed E-state index contributed by atoms with van der Waals surface area (Å²) in [5, 5.41) is 6.55. The Hall–Kier alpha value is -1.79. The van der Waals surface area contributed by atoms with Crippen LogP contribution in [0.15, 0.2) is 18.2 Å². The zero-order valence-corrected chi connectivity index (χ0v) is 15.7. The van der Waals surface area contributed by atoms with Crippen LogP contribution in [0.1, 0.15) is 32.3 Å².